The van der Waals surface area contributed by atoms with Crippen LogP contribution in [-0.2, 0) is 9.47 Å². The number of hydrogen-bond donors (Lipinski definition) is 2. The summed E-state index contributed by atoms with van der Waals surface area (Å²) >= 11 is 0. The first-order valence-corrected chi connectivity index (χ1v) is 20.1. The van der Waals surface area contributed by atoms with E-state index in [4.69, 9.17) is 9.47 Å². The van der Waals surface area contributed by atoms with Gasteiger partial charge in [-0.2, -0.15) is 0 Å². The Hall–Kier alpha value is -3.94. The third-order valence-corrected chi connectivity index (χ3v) is 16.7. The van der Waals surface area contributed by atoms with Crippen molar-refractivity contribution < 1.29 is 38.9 Å². The van der Waals surface area contributed by atoms with Crippen molar-refractivity contribution in [3.63, 3.8) is 0 Å². The van der Waals surface area contributed by atoms with Crippen molar-refractivity contribution >= 4 is 23.9 Å². The first kappa shape index (κ1) is 38.3. The number of carboxylic acid groups (broad SMARTS) is 2. The van der Waals surface area contributed by atoms with Crippen molar-refractivity contribution in [2.24, 2.45) is 56.7 Å². The third kappa shape index (κ3) is 5.67. The first-order valence-electron chi connectivity index (χ1n) is 20.1. The summed E-state index contributed by atoms with van der Waals surface area (Å²) in [6, 6.07) is 12.6. The Balaban J connectivity index is 1.14. The van der Waals surface area contributed by atoms with Gasteiger partial charge in [-0.05, 0) is 141 Å². The highest BCUT2D eigenvalue weighted by Gasteiger charge is 2.71. The predicted octanol–water partition coefficient (Wildman–Crippen LogP) is 10.1. The first-order chi connectivity index (χ1) is 25.4. The van der Waals surface area contributed by atoms with E-state index in [1.54, 1.807) is 36.4 Å². The molecule has 0 saturated heterocycles. The zero-order valence-electron chi connectivity index (χ0n) is 32.9. The molecule has 0 amide bonds. The highest BCUT2D eigenvalue weighted by atomic mass is 16.5. The van der Waals surface area contributed by atoms with Gasteiger partial charge in [0.1, 0.15) is 6.10 Å². The van der Waals surface area contributed by atoms with Crippen LogP contribution in [0.1, 0.15) is 147 Å². The number of aromatic carboxylic acids is 2. The number of carbonyl (C=O) groups is 4. The lowest BCUT2D eigenvalue weighted by Crippen LogP contribution is -2.67. The van der Waals surface area contributed by atoms with E-state index >= 15 is 0 Å². The van der Waals surface area contributed by atoms with Crippen LogP contribution in [0.25, 0.3) is 0 Å². The van der Waals surface area contributed by atoms with Crippen LogP contribution in [0.15, 0.2) is 60.7 Å². The summed E-state index contributed by atoms with van der Waals surface area (Å²) in [5.41, 5.74) is 1.09. The number of benzene rings is 2. The molecule has 5 saturated carbocycles. The Labute approximate surface area is 320 Å². The van der Waals surface area contributed by atoms with Crippen LogP contribution in [0.5, 0.6) is 0 Å². The lowest BCUT2D eigenvalue weighted by molar-refractivity contribution is -0.249. The van der Waals surface area contributed by atoms with Crippen LogP contribution in [0.4, 0.5) is 0 Å². The lowest BCUT2D eigenvalue weighted by atomic mass is 9.32. The maximum atomic E-state index is 13.5. The number of esters is 2. The van der Waals surface area contributed by atoms with E-state index in [1.807, 2.05) is 0 Å². The van der Waals surface area contributed by atoms with E-state index in [1.165, 1.54) is 17.7 Å². The molecule has 8 nitrogen and oxygen atoms in total. The van der Waals surface area contributed by atoms with Crippen LogP contribution in [-0.4, -0.2) is 46.8 Å². The van der Waals surface area contributed by atoms with E-state index in [0.29, 0.717) is 36.2 Å². The number of carboxylic acids is 2. The molecule has 2 aromatic rings. The molecular formula is C46H58O8. The Morgan fingerprint density at radius 3 is 1.87 bits per heavy atom. The van der Waals surface area contributed by atoms with Crippen molar-refractivity contribution in [3.8, 4) is 0 Å². The van der Waals surface area contributed by atoms with E-state index in [0.717, 1.165) is 64.2 Å². The Morgan fingerprint density at radius 2 is 1.28 bits per heavy atom. The normalized spacial score (nSPS) is 37.7. The monoisotopic (exact) mass is 738 g/mol. The molecule has 8 heteroatoms. The van der Waals surface area contributed by atoms with Crippen molar-refractivity contribution in [2.75, 3.05) is 6.61 Å². The molecule has 5 aliphatic rings. The summed E-state index contributed by atoms with van der Waals surface area (Å²) in [6.45, 7) is 19.1. The average molecular weight is 739 g/mol. The Morgan fingerprint density at radius 1 is 0.685 bits per heavy atom. The molecule has 0 bridgehead atoms. The number of rotatable bonds is 8. The SMILES string of the molecule is C=C(C)[C@H]1CC[C@]2(COC(=O)c3ccccc3C(=O)O)CC[C@@]3(C)[C@H](CC[C@@H]4[C@@]5(C)CC[C@H](OC(=O)c6ccccc6C(=O)O)C(C)(C)[C@H]5CC[C@]43C)[C@H]12. The third-order valence-electron chi connectivity index (χ3n) is 16.7. The Kier molecular flexibility index (Phi) is 9.49. The number of allylic oxidation sites excluding steroid dienone is 1. The summed E-state index contributed by atoms with van der Waals surface area (Å²) < 4.78 is 12.4. The van der Waals surface area contributed by atoms with Crippen molar-refractivity contribution in [2.45, 2.75) is 112 Å². The summed E-state index contributed by atoms with van der Waals surface area (Å²) in [4.78, 5) is 50.7. The molecule has 2 aromatic carbocycles. The summed E-state index contributed by atoms with van der Waals surface area (Å²) in [5, 5.41) is 19.5. The number of ether oxygens (including phenoxy) is 2. The number of hydrogen-bond acceptors (Lipinski definition) is 6. The van der Waals surface area contributed by atoms with Gasteiger partial charge in [0, 0.05) is 10.8 Å². The van der Waals surface area contributed by atoms with Gasteiger partial charge >= 0.3 is 23.9 Å². The van der Waals surface area contributed by atoms with Crippen molar-refractivity contribution in [1.29, 1.82) is 0 Å². The molecule has 10 atom stereocenters. The minimum atomic E-state index is -1.14. The molecule has 2 N–H and O–H groups in total. The van der Waals surface area contributed by atoms with Crippen LogP contribution in [0.3, 0.4) is 0 Å². The van der Waals surface area contributed by atoms with Crippen molar-refractivity contribution in [1.82, 2.24) is 0 Å². The topological polar surface area (TPSA) is 127 Å². The number of fused-ring (bicyclic) bond motifs is 7. The van der Waals surface area contributed by atoms with Crippen LogP contribution < -0.4 is 0 Å². The zero-order valence-corrected chi connectivity index (χ0v) is 32.9. The minimum absolute atomic E-state index is 0.0336. The summed E-state index contributed by atoms with van der Waals surface area (Å²) in [7, 11) is 0. The fourth-order valence-electron chi connectivity index (χ4n) is 13.9. The fraction of sp³-hybridized carbons (Fsp3) is 0.609. The van der Waals surface area contributed by atoms with Gasteiger partial charge in [0.25, 0.3) is 0 Å². The quantitative estimate of drug-likeness (QED) is 0.202. The molecule has 7 rings (SSSR count). The maximum Gasteiger partial charge on any atom is 0.339 e. The Bertz CT molecular complexity index is 1880. The second kappa shape index (κ2) is 13.4. The highest BCUT2D eigenvalue weighted by Crippen LogP contribution is 2.77. The van der Waals surface area contributed by atoms with Gasteiger partial charge < -0.3 is 19.7 Å². The summed E-state index contributed by atoms with van der Waals surface area (Å²) in [6.07, 6.45) is 9.77. The standard InChI is InChI=1S/C46H58O8/c1-27(2)28-18-23-46(26-53-40(51)31-14-10-8-12-29(31)38(47)48)25-24-44(6)33(37(28)46)16-17-35-43(5)21-20-36(42(3,4)34(43)19-22-45(35,44)7)54-41(52)32-15-11-9-13-30(32)39(49)50/h8-15,28,33-37H,1,16-26H2,2-7H3,(H,47,48)(H,49,50)/t28-,33-,34-,35-,36+,37+,43+,44+,45-,46-/m1/s1. The van der Waals surface area contributed by atoms with E-state index in [-0.39, 0.29) is 55.4 Å². The van der Waals surface area contributed by atoms with Crippen LogP contribution in [0, 0.1) is 56.7 Å². The van der Waals surface area contributed by atoms with Gasteiger partial charge in [-0.3, -0.25) is 0 Å². The highest BCUT2D eigenvalue weighted by molar-refractivity contribution is 6.03. The van der Waals surface area contributed by atoms with Gasteiger partial charge in [0.2, 0.25) is 0 Å². The van der Waals surface area contributed by atoms with Gasteiger partial charge in [-0.15, -0.1) is 0 Å². The molecule has 0 unspecified atom stereocenters. The van der Waals surface area contributed by atoms with Crippen molar-refractivity contribution in [3.05, 3.63) is 82.9 Å². The molecule has 5 aliphatic carbocycles. The molecule has 0 radical (unpaired) electrons. The smallest absolute Gasteiger partial charge is 0.339 e. The number of carbonyl (C=O) groups excluding carboxylic acids is 2. The molecule has 5 fully saturated rings. The lowest BCUT2D eigenvalue weighted by Gasteiger charge is -2.73. The van der Waals surface area contributed by atoms with E-state index in [2.05, 4.69) is 48.1 Å². The maximum absolute atomic E-state index is 13.5. The molecule has 0 spiro atoms. The van der Waals surface area contributed by atoms with Gasteiger partial charge in [-0.1, -0.05) is 71.0 Å². The second-order valence-electron chi connectivity index (χ2n) is 19.1. The fourth-order valence-corrected chi connectivity index (χ4v) is 13.9. The molecular weight excluding hydrogens is 680 g/mol. The molecule has 0 heterocycles. The largest absolute Gasteiger partial charge is 0.478 e. The molecule has 54 heavy (non-hydrogen) atoms. The van der Waals surface area contributed by atoms with Crippen LogP contribution in [0.2, 0.25) is 0 Å². The van der Waals surface area contributed by atoms with Gasteiger partial charge in [0.05, 0.1) is 28.9 Å². The second-order valence-corrected chi connectivity index (χ2v) is 19.1. The molecule has 0 aromatic heterocycles. The molecule has 290 valence electrons. The average Bonchev–Trinajstić information content (AvgIpc) is 3.52. The van der Waals surface area contributed by atoms with E-state index < -0.39 is 23.9 Å². The molecule has 0 aliphatic heterocycles. The van der Waals surface area contributed by atoms with Crippen LogP contribution >= 0.6 is 0 Å². The van der Waals surface area contributed by atoms with Gasteiger partial charge in [0.15, 0.2) is 0 Å². The zero-order chi connectivity index (χ0) is 39.0. The summed E-state index contributed by atoms with van der Waals surface area (Å²) in [5.74, 6) is -1.43. The minimum Gasteiger partial charge on any atom is -0.478 e. The van der Waals surface area contributed by atoms with Gasteiger partial charge in [-0.25, -0.2) is 19.2 Å². The van der Waals surface area contributed by atoms with E-state index in [9.17, 15) is 29.4 Å². The predicted molar refractivity (Wildman–Crippen MR) is 205 cm³/mol.